The Morgan fingerprint density at radius 2 is 1.91 bits per heavy atom. The molecule has 3 aromatic carbocycles. The number of rotatable bonds is 5. The molecule has 5 nitrogen and oxygen atoms in total. The monoisotopic (exact) mass is 576 g/mol. The zero-order valence-electron chi connectivity index (χ0n) is 17.5. The summed E-state index contributed by atoms with van der Waals surface area (Å²) in [7, 11) is 1.51. The Morgan fingerprint density at radius 1 is 1.12 bits per heavy atom. The Labute approximate surface area is 207 Å². The predicted molar refractivity (Wildman–Crippen MR) is 135 cm³/mol. The van der Waals surface area contributed by atoms with Crippen molar-refractivity contribution >= 4 is 66.2 Å². The van der Waals surface area contributed by atoms with Gasteiger partial charge < -0.3 is 14.5 Å². The molecular formula is C24H19Br2ClN2O3. The molecule has 0 saturated heterocycles. The smallest absolute Gasteiger partial charge is 0.259 e. The lowest BCUT2D eigenvalue weighted by Gasteiger charge is -2.13. The number of fused-ring (bicyclic) bond motifs is 1. The Bertz CT molecular complexity index is 1330. The average molecular weight is 579 g/mol. The first-order valence-electron chi connectivity index (χ1n) is 9.81. The van der Waals surface area contributed by atoms with E-state index in [0.29, 0.717) is 49.5 Å². The molecule has 164 valence electrons. The van der Waals surface area contributed by atoms with Crippen LogP contribution in [-0.2, 0) is 0 Å². The Hall–Kier alpha value is -2.35. The Balaban J connectivity index is 1.68. The number of carbonyl (C=O) groups is 1. The maximum atomic E-state index is 13.0. The molecule has 4 aromatic rings. The summed E-state index contributed by atoms with van der Waals surface area (Å²) in [5, 5.41) is 3.26. The minimum Gasteiger partial charge on any atom is -0.495 e. The number of ether oxygens (including phenoxy) is 1. The lowest BCUT2D eigenvalue weighted by molar-refractivity contribution is 0.102. The largest absolute Gasteiger partial charge is 0.495 e. The number of aromatic nitrogens is 1. The lowest BCUT2D eigenvalue weighted by atomic mass is 10.0. The molecule has 4 rings (SSSR count). The fourth-order valence-corrected chi connectivity index (χ4v) is 4.86. The van der Waals surface area contributed by atoms with Crippen molar-refractivity contribution < 1.29 is 13.9 Å². The van der Waals surface area contributed by atoms with Crippen LogP contribution in [0.5, 0.6) is 5.75 Å². The van der Waals surface area contributed by atoms with Gasteiger partial charge in [0.1, 0.15) is 11.3 Å². The molecule has 0 aliphatic heterocycles. The minimum atomic E-state index is -0.359. The minimum absolute atomic E-state index is 0.359. The second-order valence-electron chi connectivity index (χ2n) is 7.52. The van der Waals surface area contributed by atoms with Crippen molar-refractivity contribution in [2.24, 2.45) is 0 Å². The van der Waals surface area contributed by atoms with Crippen LogP contribution in [0.15, 0.2) is 61.9 Å². The first-order chi connectivity index (χ1) is 15.3. The first kappa shape index (κ1) is 22.8. The molecule has 0 spiro atoms. The quantitative estimate of drug-likeness (QED) is 0.260. The van der Waals surface area contributed by atoms with E-state index in [1.807, 2.05) is 24.3 Å². The molecule has 0 atom stereocenters. The Kier molecular flexibility index (Phi) is 6.60. The predicted octanol–water partition coefficient (Wildman–Crippen LogP) is 8.06. The van der Waals surface area contributed by atoms with E-state index in [1.165, 1.54) is 12.7 Å². The summed E-state index contributed by atoms with van der Waals surface area (Å²) in [5.41, 5.74) is 4.18. The highest BCUT2D eigenvalue weighted by Crippen LogP contribution is 2.35. The van der Waals surface area contributed by atoms with Crippen molar-refractivity contribution in [3.63, 3.8) is 0 Å². The van der Waals surface area contributed by atoms with Gasteiger partial charge >= 0.3 is 0 Å². The number of carbonyl (C=O) groups excluding carboxylic acids is 1. The fraction of sp³-hybridized carbons (Fsp3) is 0.167. The number of nitrogens with one attached hydrogen (secondary N) is 1. The van der Waals surface area contributed by atoms with Gasteiger partial charge in [0.05, 0.1) is 27.9 Å². The fourth-order valence-electron chi connectivity index (χ4n) is 3.31. The average Bonchev–Trinajstić information content (AvgIpc) is 3.18. The number of anilines is 1. The van der Waals surface area contributed by atoms with Crippen molar-refractivity contribution in [3.8, 4) is 17.2 Å². The molecule has 0 unspecified atom stereocenters. The summed E-state index contributed by atoms with van der Waals surface area (Å²) >= 11 is 13.2. The van der Waals surface area contributed by atoms with Gasteiger partial charge in [-0.25, -0.2) is 4.98 Å². The van der Waals surface area contributed by atoms with Gasteiger partial charge in [-0.2, -0.15) is 0 Å². The second-order valence-corrected chi connectivity index (χ2v) is 9.70. The van der Waals surface area contributed by atoms with Crippen LogP contribution in [0.2, 0.25) is 5.02 Å². The highest BCUT2D eigenvalue weighted by molar-refractivity contribution is 9.11. The first-order valence-corrected chi connectivity index (χ1v) is 11.8. The van der Waals surface area contributed by atoms with Gasteiger partial charge in [0.15, 0.2) is 5.58 Å². The van der Waals surface area contributed by atoms with Crippen LogP contribution in [0.25, 0.3) is 22.6 Å². The third-order valence-electron chi connectivity index (χ3n) is 5.00. The third-order valence-corrected chi connectivity index (χ3v) is 6.37. The van der Waals surface area contributed by atoms with Gasteiger partial charge in [0.2, 0.25) is 5.89 Å². The molecule has 1 aromatic heterocycles. The molecule has 0 radical (unpaired) electrons. The van der Waals surface area contributed by atoms with E-state index in [1.54, 1.807) is 24.3 Å². The highest BCUT2D eigenvalue weighted by Gasteiger charge is 2.19. The van der Waals surface area contributed by atoms with Crippen LogP contribution in [0.4, 0.5) is 5.69 Å². The number of methoxy groups -OCH3 is 1. The molecule has 32 heavy (non-hydrogen) atoms. The number of nitrogens with zero attached hydrogens (tertiary/aromatic N) is 1. The zero-order chi connectivity index (χ0) is 23.0. The van der Waals surface area contributed by atoms with Gasteiger partial charge in [0, 0.05) is 10.0 Å². The summed E-state index contributed by atoms with van der Waals surface area (Å²) in [5.74, 6) is 0.919. The molecule has 1 N–H and O–H groups in total. The number of amides is 1. The highest BCUT2D eigenvalue weighted by atomic mass is 79.9. The molecule has 0 bridgehead atoms. The van der Waals surface area contributed by atoms with Crippen LogP contribution in [0.3, 0.4) is 0 Å². The van der Waals surface area contributed by atoms with Crippen molar-refractivity contribution in [3.05, 3.63) is 73.6 Å². The zero-order valence-corrected chi connectivity index (χ0v) is 21.4. The van der Waals surface area contributed by atoms with E-state index < -0.39 is 0 Å². The maximum absolute atomic E-state index is 13.0. The number of hydrogen-bond acceptors (Lipinski definition) is 4. The topological polar surface area (TPSA) is 64.4 Å². The summed E-state index contributed by atoms with van der Waals surface area (Å²) in [4.78, 5) is 17.6. The van der Waals surface area contributed by atoms with Crippen molar-refractivity contribution in [1.82, 2.24) is 4.98 Å². The summed E-state index contributed by atoms with van der Waals surface area (Å²) in [6.07, 6.45) is 0. The number of oxazole rings is 1. The van der Waals surface area contributed by atoms with Gasteiger partial charge in [-0.1, -0.05) is 47.4 Å². The van der Waals surface area contributed by atoms with E-state index in [0.717, 1.165) is 9.99 Å². The van der Waals surface area contributed by atoms with E-state index in [4.69, 9.17) is 20.8 Å². The molecular weight excluding hydrogens is 560 g/mol. The SMILES string of the molecule is COc1c(Br)cc(Br)cc1C(=O)Nc1cc(-c2nc3cc(C(C)C)ccc3o2)ccc1Cl. The van der Waals surface area contributed by atoms with Crippen LogP contribution in [0, 0.1) is 0 Å². The van der Waals surface area contributed by atoms with Crippen LogP contribution >= 0.6 is 43.5 Å². The summed E-state index contributed by atoms with van der Waals surface area (Å²) in [6.45, 7) is 4.27. The number of halogens is 3. The molecule has 0 aliphatic carbocycles. The number of benzene rings is 3. The standard InChI is InChI=1S/C24H19Br2ClN2O3/c1-12(2)13-5-7-21-20(8-13)29-24(32-21)14-4-6-18(27)19(9-14)28-23(30)16-10-15(25)11-17(26)22(16)31-3/h4-12H,1-3H3,(H,28,30). The van der Waals surface area contributed by atoms with Crippen molar-refractivity contribution in [2.45, 2.75) is 19.8 Å². The third kappa shape index (κ3) is 4.56. The van der Waals surface area contributed by atoms with Gasteiger partial charge in [0.25, 0.3) is 5.91 Å². The van der Waals surface area contributed by atoms with Crippen molar-refractivity contribution in [2.75, 3.05) is 12.4 Å². The molecule has 0 fully saturated rings. The second kappa shape index (κ2) is 9.25. The van der Waals surface area contributed by atoms with E-state index in [2.05, 4.69) is 56.0 Å². The van der Waals surface area contributed by atoms with E-state index in [-0.39, 0.29) is 5.91 Å². The summed E-state index contributed by atoms with van der Waals surface area (Å²) < 4.78 is 12.7. The molecule has 1 heterocycles. The Morgan fingerprint density at radius 3 is 2.62 bits per heavy atom. The van der Waals surface area contributed by atoms with Crippen LogP contribution in [-0.4, -0.2) is 18.0 Å². The maximum Gasteiger partial charge on any atom is 0.259 e. The molecule has 8 heteroatoms. The lowest BCUT2D eigenvalue weighted by Crippen LogP contribution is -2.14. The normalized spacial score (nSPS) is 11.2. The van der Waals surface area contributed by atoms with E-state index >= 15 is 0 Å². The van der Waals surface area contributed by atoms with Crippen LogP contribution < -0.4 is 10.1 Å². The van der Waals surface area contributed by atoms with Gasteiger partial charge in [-0.3, -0.25) is 4.79 Å². The molecule has 1 amide bonds. The van der Waals surface area contributed by atoms with Crippen molar-refractivity contribution in [1.29, 1.82) is 0 Å². The van der Waals surface area contributed by atoms with Crippen LogP contribution in [0.1, 0.15) is 35.7 Å². The molecule has 0 saturated carbocycles. The summed E-state index contributed by atoms with van der Waals surface area (Å²) in [6, 6.07) is 14.7. The molecule has 0 aliphatic rings. The van der Waals surface area contributed by atoms with Gasteiger partial charge in [-0.15, -0.1) is 0 Å². The van der Waals surface area contributed by atoms with Gasteiger partial charge in [-0.05, 0) is 69.9 Å². The number of hydrogen-bond donors (Lipinski definition) is 1. The van der Waals surface area contributed by atoms with E-state index in [9.17, 15) is 4.79 Å².